The minimum atomic E-state index is 0. The van der Waals surface area contributed by atoms with Crippen LogP contribution in [0.15, 0.2) is 36.4 Å². The van der Waals surface area contributed by atoms with E-state index in [1.54, 1.807) is 0 Å². The molecule has 1 aromatic carbocycles. The van der Waals surface area contributed by atoms with Gasteiger partial charge < -0.3 is 15.1 Å². The van der Waals surface area contributed by atoms with Gasteiger partial charge >= 0.3 is 6.03 Å². The fraction of sp³-hybridized carbons (Fsp3) is 0.654. The van der Waals surface area contributed by atoms with Gasteiger partial charge in [0.15, 0.2) is 0 Å². The van der Waals surface area contributed by atoms with Gasteiger partial charge in [-0.05, 0) is 87.9 Å². The van der Waals surface area contributed by atoms with Gasteiger partial charge in [-0.25, -0.2) is 4.79 Å². The molecule has 1 heterocycles. The Bertz CT molecular complexity index is 813. The molecule has 1 N–H and O–H groups in total. The van der Waals surface area contributed by atoms with E-state index in [9.17, 15) is 4.79 Å². The van der Waals surface area contributed by atoms with Crippen molar-refractivity contribution in [3.63, 3.8) is 0 Å². The van der Waals surface area contributed by atoms with E-state index in [0.29, 0.717) is 0 Å². The molecule has 4 atom stereocenters. The van der Waals surface area contributed by atoms with Crippen LogP contribution in [0.2, 0.25) is 0 Å². The summed E-state index contributed by atoms with van der Waals surface area (Å²) in [6, 6.07) is 9.12. The molecule has 2 fully saturated rings. The maximum Gasteiger partial charge on any atom is 0.317 e. The molecule has 3 aliphatic carbocycles. The maximum atomic E-state index is 12.8. The number of carbonyl (C=O) groups is 1. The summed E-state index contributed by atoms with van der Waals surface area (Å²) in [6.07, 6.45) is 11.3. The molecule has 1 aliphatic heterocycles. The third-order valence-corrected chi connectivity index (χ3v) is 8.57. The van der Waals surface area contributed by atoms with Gasteiger partial charge in [-0.2, -0.15) is 0 Å². The van der Waals surface area contributed by atoms with E-state index in [0.717, 1.165) is 37.3 Å². The lowest BCUT2D eigenvalue weighted by Crippen LogP contribution is -2.45. The number of piperidine rings is 1. The number of nitrogens with one attached hydrogen (secondary N) is 1. The Kier molecular flexibility index (Phi) is 5.38. The van der Waals surface area contributed by atoms with Crippen molar-refractivity contribution in [2.24, 2.45) is 17.8 Å². The highest BCUT2D eigenvalue weighted by atomic mass is 16.2. The molecule has 4 aliphatic rings. The molecule has 4 nitrogen and oxygen atoms in total. The van der Waals surface area contributed by atoms with E-state index >= 15 is 0 Å². The van der Waals surface area contributed by atoms with Crippen LogP contribution < -0.4 is 5.32 Å². The van der Waals surface area contributed by atoms with Crippen LogP contribution in [0.1, 0.15) is 64.5 Å². The SMILES string of the molecule is CCN(CC)C(=O)N[C@H]1CC2(CCN(CC3CC4C=CC3C4)CC2)c2ccccc21.[HH]. The molecule has 1 aromatic rings. The van der Waals surface area contributed by atoms with Crippen LogP contribution in [0.3, 0.4) is 0 Å². The summed E-state index contributed by atoms with van der Waals surface area (Å²) >= 11 is 0. The Morgan fingerprint density at radius 1 is 1.17 bits per heavy atom. The van der Waals surface area contributed by atoms with Crippen molar-refractivity contribution in [2.45, 2.75) is 57.4 Å². The molecule has 2 bridgehead atoms. The van der Waals surface area contributed by atoms with Gasteiger partial charge in [0, 0.05) is 26.5 Å². The third kappa shape index (κ3) is 3.47. The molecule has 164 valence electrons. The number of hydrogen-bond acceptors (Lipinski definition) is 2. The number of amides is 2. The Hall–Kier alpha value is -1.81. The van der Waals surface area contributed by atoms with Crippen molar-refractivity contribution < 1.29 is 6.22 Å². The monoisotopic (exact) mass is 409 g/mol. The van der Waals surface area contributed by atoms with Crippen LogP contribution in [0.4, 0.5) is 4.79 Å². The summed E-state index contributed by atoms with van der Waals surface area (Å²) in [5, 5.41) is 3.36. The highest BCUT2D eigenvalue weighted by Gasteiger charge is 2.46. The zero-order valence-corrected chi connectivity index (χ0v) is 18.6. The summed E-state index contributed by atoms with van der Waals surface area (Å²) in [5.74, 6) is 2.59. The number of hydrogen-bond donors (Lipinski definition) is 1. The average Bonchev–Trinajstić information content (AvgIpc) is 3.46. The molecule has 0 aromatic heterocycles. The Balaban J connectivity index is 0.00000231. The van der Waals surface area contributed by atoms with Gasteiger partial charge in [0.2, 0.25) is 0 Å². The second-order valence-electron chi connectivity index (χ2n) is 10.1. The van der Waals surface area contributed by atoms with Gasteiger partial charge in [-0.3, -0.25) is 0 Å². The van der Waals surface area contributed by atoms with E-state index in [1.165, 1.54) is 56.4 Å². The summed E-state index contributed by atoms with van der Waals surface area (Å²) in [6.45, 7) is 9.30. The smallest absolute Gasteiger partial charge is 0.317 e. The van der Waals surface area contributed by atoms with E-state index in [-0.39, 0.29) is 18.9 Å². The molecule has 1 saturated heterocycles. The first-order valence-electron chi connectivity index (χ1n) is 12.2. The van der Waals surface area contributed by atoms with Crippen LogP contribution in [-0.4, -0.2) is 48.6 Å². The van der Waals surface area contributed by atoms with Crippen LogP contribution >= 0.6 is 0 Å². The zero-order valence-electron chi connectivity index (χ0n) is 18.6. The van der Waals surface area contributed by atoms with Crippen molar-refractivity contribution >= 4 is 6.03 Å². The minimum Gasteiger partial charge on any atom is -0.331 e. The van der Waals surface area contributed by atoms with Gasteiger partial charge in [0.05, 0.1) is 6.04 Å². The Morgan fingerprint density at radius 3 is 2.60 bits per heavy atom. The van der Waals surface area contributed by atoms with E-state index in [1.807, 2.05) is 4.90 Å². The molecule has 2 amide bonds. The topological polar surface area (TPSA) is 35.6 Å². The first-order valence-corrected chi connectivity index (χ1v) is 12.2. The van der Waals surface area contributed by atoms with Crippen molar-refractivity contribution in [2.75, 3.05) is 32.7 Å². The fourth-order valence-electron chi connectivity index (χ4n) is 6.85. The molecule has 1 saturated carbocycles. The lowest BCUT2D eigenvalue weighted by Gasteiger charge is -2.41. The first-order chi connectivity index (χ1) is 14.6. The standard InChI is InChI=1S/C26H37N3O.H2/c1-3-29(4-2)25(30)27-24-17-26(23-8-6-5-7-22(23)24)11-13-28(14-12-26)18-21-16-19-9-10-20(21)15-19;/h5-10,19-21,24H,3-4,11-18H2,1-2H3,(H,27,30);1H/t19?,20?,21?,24-;/m0./s1. The Morgan fingerprint density at radius 2 is 1.93 bits per heavy atom. The molecular formula is C26H39N3O. The maximum absolute atomic E-state index is 12.8. The summed E-state index contributed by atoms with van der Waals surface area (Å²) in [4.78, 5) is 17.4. The van der Waals surface area contributed by atoms with Crippen molar-refractivity contribution in [3.05, 3.63) is 47.5 Å². The normalized spacial score (nSPS) is 31.3. The zero-order chi connectivity index (χ0) is 20.7. The highest BCUT2D eigenvalue weighted by Crippen LogP contribution is 2.51. The van der Waals surface area contributed by atoms with Crippen molar-refractivity contribution in [3.8, 4) is 0 Å². The molecule has 5 rings (SSSR count). The average molecular weight is 410 g/mol. The van der Waals surface area contributed by atoms with Gasteiger partial charge in [0.25, 0.3) is 0 Å². The quantitative estimate of drug-likeness (QED) is 0.697. The number of likely N-dealkylation sites (tertiary alicyclic amines) is 1. The van der Waals surface area contributed by atoms with Crippen LogP contribution in [0.25, 0.3) is 0 Å². The Labute approximate surface area is 183 Å². The third-order valence-electron chi connectivity index (χ3n) is 8.57. The molecule has 1 spiro atoms. The lowest BCUT2D eigenvalue weighted by atomic mass is 9.73. The van der Waals surface area contributed by atoms with Crippen molar-refractivity contribution in [1.82, 2.24) is 15.1 Å². The largest absolute Gasteiger partial charge is 0.331 e. The van der Waals surface area contributed by atoms with E-state index < -0.39 is 0 Å². The molecular weight excluding hydrogens is 370 g/mol. The second-order valence-corrected chi connectivity index (χ2v) is 10.1. The fourth-order valence-corrected chi connectivity index (χ4v) is 6.85. The minimum absolute atomic E-state index is 0. The molecule has 0 radical (unpaired) electrons. The molecule has 4 heteroatoms. The predicted octanol–water partition coefficient (Wildman–Crippen LogP) is 4.97. The molecule has 3 unspecified atom stereocenters. The number of benzene rings is 1. The van der Waals surface area contributed by atoms with Gasteiger partial charge in [-0.1, -0.05) is 36.4 Å². The molecule has 30 heavy (non-hydrogen) atoms. The second kappa shape index (κ2) is 8.03. The van der Waals surface area contributed by atoms with Crippen LogP contribution in [0, 0.1) is 17.8 Å². The number of carbonyl (C=O) groups excluding carboxylic acids is 1. The summed E-state index contributed by atoms with van der Waals surface area (Å²) in [5.41, 5.74) is 3.09. The number of allylic oxidation sites excluding steroid dienone is 2. The summed E-state index contributed by atoms with van der Waals surface area (Å²) < 4.78 is 0. The van der Waals surface area contributed by atoms with Crippen LogP contribution in [0.5, 0.6) is 0 Å². The summed E-state index contributed by atoms with van der Waals surface area (Å²) in [7, 11) is 0. The lowest BCUT2D eigenvalue weighted by molar-refractivity contribution is 0.128. The highest BCUT2D eigenvalue weighted by molar-refractivity contribution is 5.75. The number of rotatable bonds is 5. The van der Waals surface area contributed by atoms with E-state index in [4.69, 9.17) is 0 Å². The van der Waals surface area contributed by atoms with Crippen LogP contribution in [-0.2, 0) is 5.41 Å². The van der Waals surface area contributed by atoms with Gasteiger partial charge in [-0.15, -0.1) is 0 Å². The van der Waals surface area contributed by atoms with E-state index in [2.05, 4.69) is 60.5 Å². The number of fused-ring (bicyclic) bond motifs is 4. The number of urea groups is 1. The van der Waals surface area contributed by atoms with Crippen molar-refractivity contribution in [1.29, 1.82) is 0 Å². The first kappa shape index (κ1) is 20.1. The predicted molar refractivity (Wildman–Crippen MR) is 124 cm³/mol. The van der Waals surface area contributed by atoms with Gasteiger partial charge in [0.1, 0.15) is 0 Å². The number of nitrogens with zero attached hydrogens (tertiary/aromatic N) is 2.